The summed E-state index contributed by atoms with van der Waals surface area (Å²) in [4.78, 5) is 19.4. The lowest BCUT2D eigenvalue weighted by molar-refractivity contribution is 0.0688. The van der Waals surface area contributed by atoms with Crippen LogP contribution in [0.5, 0.6) is 0 Å². The highest BCUT2D eigenvalue weighted by atomic mass is 16.4. The summed E-state index contributed by atoms with van der Waals surface area (Å²) in [5.74, 6) is 0.700. The van der Waals surface area contributed by atoms with Crippen LogP contribution in [0, 0.1) is 5.92 Å². The molecular formula is C15H20N4O2. The normalized spacial score (nSPS) is 20.5. The highest BCUT2D eigenvalue weighted by molar-refractivity contribution is 5.88. The number of carboxylic acids is 1. The van der Waals surface area contributed by atoms with Crippen molar-refractivity contribution in [2.45, 2.75) is 40.0 Å². The lowest BCUT2D eigenvalue weighted by Crippen LogP contribution is -2.05. The van der Waals surface area contributed by atoms with E-state index in [9.17, 15) is 9.90 Å². The Labute approximate surface area is 123 Å². The molecule has 0 amide bonds. The second kappa shape index (κ2) is 5.63. The first kappa shape index (κ1) is 15.2. The van der Waals surface area contributed by atoms with E-state index in [0.29, 0.717) is 17.7 Å². The number of hydrogen-bond donors (Lipinski definition) is 1. The van der Waals surface area contributed by atoms with E-state index in [2.05, 4.69) is 15.1 Å². The van der Waals surface area contributed by atoms with Crippen LogP contribution in [-0.2, 0) is 6.42 Å². The molecule has 112 valence electrons. The zero-order chi connectivity index (χ0) is 14.3. The summed E-state index contributed by atoms with van der Waals surface area (Å²) >= 11 is 0. The van der Waals surface area contributed by atoms with Gasteiger partial charge in [-0.1, -0.05) is 21.3 Å². The largest absolute Gasteiger partial charge is 0.476 e. The number of carbonyl (C=O) groups is 1. The molecular weight excluding hydrogens is 268 g/mol. The maximum absolute atomic E-state index is 11.2. The molecule has 0 aromatic carbocycles. The van der Waals surface area contributed by atoms with Gasteiger partial charge < -0.3 is 5.11 Å². The van der Waals surface area contributed by atoms with Crippen LogP contribution >= 0.6 is 0 Å². The predicted octanol–water partition coefficient (Wildman–Crippen LogP) is 2.68. The monoisotopic (exact) mass is 288 g/mol. The molecule has 4 rings (SSSR count). The number of aromatic nitrogens is 4. The van der Waals surface area contributed by atoms with Crippen molar-refractivity contribution in [1.82, 2.24) is 19.7 Å². The van der Waals surface area contributed by atoms with Crippen LogP contribution in [0.15, 0.2) is 18.6 Å². The Morgan fingerprint density at radius 2 is 2.14 bits per heavy atom. The first-order chi connectivity index (χ1) is 9.75. The van der Waals surface area contributed by atoms with Gasteiger partial charge in [0.2, 0.25) is 0 Å². The van der Waals surface area contributed by atoms with Crippen molar-refractivity contribution in [3.05, 3.63) is 35.5 Å². The van der Waals surface area contributed by atoms with Gasteiger partial charge in [0.1, 0.15) is 0 Å². The van der Waals surface area contributed by atoms with E-state index in [1.807, 2.05) is 13.8 Å². The number of rotatable bonds is 2. The molecule has 1 N–H and O–H groups in total. The Hall–Kier alpha value is -2.24. The van der Waals surface area contributed by atoms with Gasteiger partial charge >= 0.3 is 5.97 Å². The second-order valence-corrected chi connectivity index (χ2v) is 4.80. The molecule has 0 bridgehead atoms. The molecule has 0 radical (unpaired) electrons. The van der Waals surface area contributed by atoms with Crippen molar-refractivity contribution in [3.63, 3.8) is 0 Å². The molecule has 0 spiro atoms. The van der Waals surface area contributed by atoms with Crippen LogP contribution in [0.4, 0.5) is 0 Å². The lowest BCUT2D eigenvalue weighted by Gasteiger charge is -2.03. The SMILES string of the molecule is C.CC.O=C(O)c1nn(-c2cnccn2)c2c1CC1CC21. The highest BCUT2D eigenvalue weighted by Gasteiger charge is 2.50. The maximum Gasteiger partial charge on any atom is 0.356 e. The van der Waals surface area contributed by atoms with Gasteiger partial charge in [-0.25, -0.2) is 14.5 Å². The van der Waals surface area contributed by atoms with Gasteiger partial charge in [-0.15, -0.1) is 0 Å². The van der Waals surface area contributed by atoms with E-state index in [-0.39, 0.29) is 13.1 Å². The Balaban J connectivity index is 0.000000517. The summed E-state index contributed by atoms with van der Waals surface area (Å²) in [5, 5.41) is 13.4. The number of hydrogen-bond acceptors (Lipinski definition) is 4. The fourth-order valence-electron chi connectivity index (χ4n) is 2.86. The fourth-order valence-corrected chi connectivity index (χ4v) is 2.86. The number of nitrogens with zero attached hydrogens (tertiary/aromatic N) is 4. The van der Waals surface area contributed by atoms with Gasteiger partial charge in [0.05, 0.1) is 11.9 Å². The standard InChI is InChI=1S/C12H10N4O2.C2H6.CH4/c17-12(18)10-8-4-6-3-7(6)11(8)16(15-10)9-5-13-1-2-14-9;1-2;/h1-2,5-7H,3-4H2,(H,17,18);1-2H3;1H4. The quantitative estimate of drug-likeness (QED) is 0.918. The van der Waals surface area contributed by atoms with Crippen molar-refractivity contribution in [2.75, 3.05) is 0 Å². The van der Waals surface area contributed by atoms with E-state index in [1.165, 1.54) is 0 Å². The zero-order valence-corrected chi connectivity index (χ0v) is 11.4. The van der Waals surface area contributed by atoms with E-state index in [0.717, 1.165) is 24.1 Å². The van der Waals surface area contributed by atoms with Gasteiger partial charge in [-0.2, -0.15) is 5.10 Å². The van der Waals surface area contributed by atoms with Crippen molar-refractivity contribution >= 4 is 5.97 Å². The van der Waals surface area contributed by atoms with E-state index in [4.69, 9.17) is 0 Å². The van der Waals surface area contributed by atoms with Crippen LogP contribution < -0.4 is 0 Å². The van der Waals surface area contributed by atoms with Crippen molar-refractivity contribution < 1.29 is 9.90 Å². The van der Waals surface area contributed by atoms with Crippen LogP contribution in [0.2, 0.25) is 0 Å². The second-order valence-electron chi connectivity index (χ2n) is 4.80. The maximum atomic E-state index is 11.2. The third-order valence-electron chi connectivity index (χ3n) is 3.73. The smallest absolute Gasteiger partial charge is 0.356 e. The number of carboxylic acid groups (broad SMARTS) is 1. The average Bonchev–Trinajstić information content (AvgIpc) is 2.98. The molecule has 2 heterocycles. The van der Waals surface area contributed by atoms with Crippen molar-refractivity contribution in [3.8, 4) is 5.82 Å². The topological polar surface area (TPSA) is 80.9 Å². The minimum Gasteiger partial charge on any atom is -0.476 e. The molecule has 2 aromatic heterocycles. The zero-order valence-electron chi connectivity index (χ0n) is 11.4. The van der Waals surface area contributed by atoms with E-state index < -0.39 is 5.97 Å². The molecule has 2 aliphatic rings. The summed E-state index contributed by atoms with van der Waals surface area (Å²) in [7, 11) is 0. The summed E-state index contributed by atoms with van der Waals surface area (Å²) < 4.78 is 1.66. The highest BCUT2D eigenvalue weighted by Crippen LogP contribution is 2.57. The molecule has 6 nitrogen and oxygen atoms in total. The Kier molecular flexibility index (Phi) is 4.06. The molecule has 0 aliphatic heterocycles. The molecule has 2 aliphatic carbocycles. The average molecular weight is 288 g/mol. The van der Waals surface area contributed by atoms with Crippen LogP contribution in [-0.4, -0.2) is 30.8 Å². The third kappa shape index (κ3) is 2.30. The van der Waals surface area contributed by atoms with Crippen LogP contribution in [0.3, 0.4) is 0 Å². The van der Waals surface area contributed by atoms with Gasteiger partial charge in [-0.05, 0) is 18.8 Å². The predicted molar refractivity (Wildman–Crippen MR) is 78.7 cm³/mol. The molecule has 1 fully saturated rings. The van der Waals surface area contributed by atoms with Gasteiger partial charge in [0.15, 0.2) is 11.5 Å². The Morgan fingerprint density at radius 3 is 2.76 bits per heavy atom. The first-order valence-corrected chi connectivity index (χ1v) is 6.87. The minimum atomic E-state index is -0.963. The minimum absolute atomic E-state index is 0. The molecule has 2 aromatic rings. The Morgan fingerprint density at radius 1 is 1.38 bits per heavy atom. The van der Waals surface area contributed by atoms with Crippen molar-refractivity contribution in [2.24, 2.45) is 5.92 Å². The molecule has 6 heteroatoms. The molecule has 0 saturated heterocycles. The lowest BCUT2D eigenvalue weighted by atomic mass is 10.1. The van der Waals surface area contributed by atoms with Gasteiger partial charge in [-0.3, -0.25) is 4.98 Å². The van der Waals surface area contributed by atoms with E-state index in [1.54, 1.807) is 23.3 Å². The molecule has 2 unspecified atom stereocenters. The summed E-state index contributed by atoms with van der Waals surface area (Å²) in [6, 6.07) is 0. The molecule has 21 heavy (non-hydrogen) atoms. The van der Waals surface area contributed by atoms with Gasteiger partial charge in [0, 0.05) is 23.9 Å². The van der Waals surface area contributed by atoms with Crippen LogP contribution in [0.1, 0.15) is 55.4 Å². The summed E-state index contributed by atoms with van der Waals surface area (Å²) in [6.07, 6.45) is 6.75. The Bertz CT molecular complexity index is 651. The third-order valence-corrected chi connectivity index (χ3v) is 3.73. The first-order valence-electron chi connectivity index (χ1n) is 6.87. The van der Waals surface area contributed by atoms with Gasteiger partial charge in [0.25, 0.3) is 0 Å². The molecule has 2 atom stereocenters. The van der Waals surface area contributed by atoms with E-state index >= 15 is 0 Å². The number of aromatic carboxylic acids is 1. The summed E-state index contributed by atoms with van der Waals surface area (Å²) in [5.41, 5.74) is 2.08. The number of fused-ring (bicyclic) bond motifs is 3. The van der Waals surface area contributed by atoms with Crippen LogP contribution in [0.25, 0.3) is 5.82 Å². The molecule has 1 saturated carbocycles. The summed E-state index contributed by atoms with van der Waals surface area (Å²) in [6.45, 7) is 4.00. The fraction of sp³-hybridized carbons (Fsp3) is 0.467. The van der Waals surface area contributed by atoms with Crippen molar-refractivity contribution in [1.29, 1.82) is 0 Å².